The van der Waals surface area contributed by atoms with E-state index in [0.717, 1.165) is 98.6 Å². The van der Waals surface area contributed by atoms with Crippen LogP contribution in [0.2, 0.25) is 0 Å². The molecule has 689 valence electrons. The van der Waals surface area contributed by atoms with Crippen molar-refractivity contribution in [1.29, 1.82) is 0 Å². The molecule has 28 rings (SSSR count). The molecule has 0 fully saturated rings. The van der Waals surface area contributed by atoms with E-state index in [9.17, 15) is 5.02 Å². The highest BCUT2D eigenvalue weighted by molar-refractivity contribution is 7.28. The quantitative estimate of drug-likeness (QED) is 0.0436. The van der Waals surface area contributed by atoms with Crippen LogP contribution in [0.4, 0.5) is 0 Å². The molecule has 20 heteroatoms. The summed E-state index contributed by atoms with van der Waals surface area (Å²) in [5.74, 6) is 3.18. The maximum absolute atomic E-state index is 9.33. The fourth-order valence-corrected chi connectivity index (χ4v) is 25.4. The van der Waals surface area contributed by atoms with Gasteiger partial charge >= 0.3 is 38.4 Å². The van der Waals surface area contributed by atoms with Crippen LogP contribution in [-0.4, -0.2) is 63.5 Å². The average molecular weight is 1950 g/mol. The Morgan fingerprint density at radius 2 is 0.555 bits per heavy atom. The second kappa shape index (κ2) is 40.7. The fraction of sp³-hybridized carbons (Fsp3) is 0. The molecule has 28 aromatic rings. The lowest BCUT2D eigenvalue weighted by molar-refractivity contribution is 0.451. The predicted molar refractivity (Wildman–Crippen MR) is 617 cm³/mol. The third-order valence-corrected chi connectivity index (χ3v) is 31.9. The van der Waals surface area contributed by atoms with Gasteiger partial charge in [-0.25, -0.2) is 0 Å². The van der Waals surface area contributed by atoms with Crippen molar-refractivity contribution in [2.75, 3.05) is 0 Å². The first-order valence-corrected chi connectivity index (χ1v) is 50.9. The van der Waals surface area contributed by atoms with Crippen molar-refractivity contribution >= 4 is 251 Å². The normalized spacial score (nSPS) is 11.3. The van der Waals surface area contributed by atoms with Crippen LogP contribution in [0.3, 0.4) is 0 Å². The van der Waals surface area contributed by atoms with Gasteiger partial charge in [0.15, 0.2) is 5.58 Å². The molecule has 0 spiro atoms. The smallest absolute Gasteiger partial charge is 0.536 e. The van der Waals surface area contributed by atoms with E-state index >= 15 is 0 Å². The minimum absolute atomic E-state index is 0.491. The predicted octanol–water partition coefficient (Wildman–Crippen LogP) is 32.9. The van der Waals surface area contributed by atoms with Crippen molar-refractivity contribution in [3.05, 3.63) is 455 Å². The molecule has 5 heterocycles. The Morgan fingerprint density at radius 3 is 1.17 bits per heavy atom. The molecular weight excluding hydrogens is 1870 g/mol. The van der Waals surface area contributed by atoms with Gasteiger partial charge in [0.25, 0.3) is 0 Å². The summed E-state index contributed by atoms with van der Waals surface area (Å²) in [7, 11) is 3.65. The van der Waals surface area contributed by atoms with Crippen molar-refractivity contribution in [1.82, 2.24) is 0 Å². The molecule has 23 aromatic carbocycles. The van der Waals surface area contributed by atoms with E-state index in [-0.39, 0.29) is 0 Å². The minimum Gasteiger partial charge on any atom is -0.536 e. The highest BCUT2D eigenvalue weighted by atomic mass is 32.1. The molecule has 0 aliphatic heterocycles. The summed E-state index contributed by atoms with van der Waals surface area (Å²) < 4.78 is 41.6. The van der Waals surface area contributed by atoms with Crippen LogP contribution in [-0.2, 0) is 0 Å². The molecule has 0 unspecified atom stereocenters. The van der Waals surface area contributed by atoms with Crippen molar-refractivity contribution in [3.63, 3.8) is 0 Å². The standard InChI is InChI=1S/C30H18BO2S.C28H18BO2S.C24H16BO2S.C22H14BO3.C22H14BO2S/c32-31-33-27-15-7-14-24-28-26(17-19-9-2-4-11-21(19)30(28)34-29(24)27)25-16-18-8-1-3-10-20(18)22-12-5-6-13-23(22)25;30-29-31-26-8-4-7-24-25-17-22(13-14-27(25)32-28(24)26)21-12-10-19-9-11-20(15-23(19)16-21)18-5-2-1-3-6-18;26-25-27-21-14-6-13-20-23-19(12-7-15-22(23)28-24(20)21)18-11-5-4-10-17(18)16-8-2-1-3-9-16;24-23-26-20-13-5-11-18-21-17(10-4-12-19(21)25-22(18)20)16-9-3-7-14-6-1-2-8-15(14)16;24-23-25-20-10-4-9-18-19-13-15(11-12-21(19)26-22(18)20)17-8-3-6-14-5-1-2-7-16(14)17/h1-17,32H;1-17,30H;1-15,26H;2*1-13,24H. The molecule has 0 aliphatic carbocycles. The number of fused-ring (bicyclic) bond motifs is 23. The average Bonchev–Trinajstić information content (AvgIpc) is 1.52. The monoisotopic (exact) mass is 1950 g/mol. The van der Waals surface area contributed by atoms with Gasteiger partial charge in [0.05, 0.1) is 18.8 Å². The van der Waals surface area contributed by atoms with Gasteiger partial charge in [-0.05, 0) is 234 Å². The third kappa shape index (κ3) is 17.4. The molecule has 0 bridgehead atoms. The summed E-state index contributed by atoms with van der Waals surface area (Å²) in [5, 5.41) is 71.8. The van der Waals surface area contributed by atoms with Crippen LogP contribution in [0.5, 0.6) is 28.7 Å². The zero-order valence-corrected chi connectivity index (χ0v) is 81.3. The molecule has 0 saturated carbocycles. The molecule has 5 aromatic heterocycles. The molecule has 5 radical (unpaired) electrons. The van der Waals surface area contributed by atoms with E-state index in [1.54, 1.807) is 51.4 Å². The maximum atomic E-state index is 9.33. The highest BCUT2D eigenvalue weighted by Gasteiger charge is 2.25. The van der Waals surface area contributed by atoms with Crippen molar-refractivity contribution < 1.29 is 52.8 Å². The van der Waals surface area contributed by atoms with E-state index in [1.165, 1.54) is 172 Å². The first kappa shape index (κ1) is 91.9. The fourth-order valence-electron chi connectivity index (χ4n) is 20.6. The van der Waals surface area contributed by atoms with Gasteiger partial charge in [-0.2, -0.15) is 0 Å². The van der Waals surface area contributed by atoms with Crippen molar-refractivity contribution in [2.24, 2.45) is 0 Å². The lowest BCUT2D eigenvalue weighted by atomic mass is 9.89. The molecule has 146 heavy (non-hydrogen) atoms. The molecule has 11 nitrogen and oxygen atoms in total. The van der Waals surface area contributed by atoms with Gasteiger partial charge in [-0.1, -0.05) is 364 Å². The Labute approximate surface area is 858 Å². The number of thiophene rings is 4. The van der Waals surface area contributed by atoms with Gasteiger partial charge in [0.1, 0.15) is 34.3 Å². The topological polar surface area (TPSA) is 160 Å². The van der Waals surface area contributed by atoms with Crippen molar-refractivity contribution in [3.8, 4) is 107 Å². The SMILES string of the molecule is O[B]Oc1cccc2c1oc1cccc(-c3cccc4ccccc34)c12.O[B]Oc1cccc2c1sc1c3ccccc3cc(-c3cc4ccccc4c4ccccc34)c21.O[B]Oc1cccc2c1sc1ccc(-c3ccc4ccc(-c5ccccc5)cc4c3)cc12.O[B]Oc1cccc2c1sc1ccc(-c3cccc4ccccc34)cc12.O[B]Oc1cccc2c1sc1cccc(-c3ccccc3-c3ccccc3)c12. The van der Waals surface area contributed by atoms with Crippen LogP contribution in [0.1, 0.15) is 0 Å². The van der Waals surface area contributed by atoms with Gasteiger partial charge in [0, 0.05) is 72.7 Å². The van der Waals surface area contributed by atoms with Crippen molar-refractivity contribution in [2.45, 2.75) is 0 Å². The van der Waals surface area contributed by atoms with Crippen LogP contribution >= 0.6 is 45.3 Å². The van der Waals surface area contributed by atoms with E-state index < -0.39 is 0 Å². The van der Waals surface area contributed by atoms with E-state index in [1.807, 2.05) is 84.9 Å². The molecule has 0 saturated heterocycles. The maximum Gasteiger partial charge on any atom is 0.569 e. The van der Waals surface area contributed by atoms with Crippen LogP contribution in [0, 0.1) is 0 Å². The summed E-state index contributed by atoms with van der Waals surface area (Å²) >= 11 is 6.76. The van der Waals surface area contributed by atoms with Crippen LogP contribution in [0.25, 0.3) is 245 Å². The highest BCUT2D eigenvalue weighted by Crippen LogP contribution is 2.53. The minimum atomic E-state index is 0.491. The number of para-hydroxylation sites is 1. The summed E-state index contributed by atoms with van der Waals surface area (Å²) in [6.45, 7) is 0. The van der Waals surface area contributed by atoms with Crippen LogP contribution in [0.15, 0.2) is 459 Å². The Bertz CT molecular complexity index is 9850. The summed E-state index contributed by atoms with van der Waals surface area (Å²) in [5.41, 5.74) is 18.2. The van der Waals surface area contributed by atoms with Gasteiger partial charge in [-0.3, -0.25) is 0 Å². The summed E-state index contributed by atoms with van der Waals surface area (Å²) in [6.07, 6.45) is 0. The zero-order chi connectivity index (χ0) is 98.1. The van der Waals surface area contributed by atoms with Gasteiger partial charge < -0.3 is 52.8 Å². The Kier molecular flexibility index (Phi) is 25.6. The molecular formula is C126H80B5O11S4. The molecule has 5 N–H and O–H groups in total. The number of benzene rings is 23. The third-order valence-electron chi connectivity index (χ3n) is 27.1. The molecule has 0 atom stereocenters. The summed E-state index contributed by atoms with van der Waals surface area (Å²) in [6, 6.07) is 158. The Morgan fingerprint density at radius 1 is 0.171 bits per heavy atom. The molecule has 0 amide bonds. The van der Waals surface area contributed by atoms with Gasteiger partial charge in [-0.15, -0.1) is 45.3 Å². The van der Waals surface area contributed by atoms with E-state index in [2.05, 4.69) is 364 Å². The second-order valence-electron chi connectivity index (χ2n) is 35.2. The Hall–Kier alpha value is -16.6. The van der Waals surface area contributed by atoms with Crippen LogP contribution < -0.4 is 23.3 Å². The lowest BCUT2D eigenvalue weighted by Gasteiger charge is -2.14. The number of furan rings is 1. The summed E-state index contributed by atoms with van der Waals surface area (Å²) in [4.78, 5) is 0. The second-order valence-corrected chi connectivity index (χ2v) is 39.4. The number of hydrogen-bond acceptors (Lipinski definition) is 15. The Balaban J connectivity index is 0.0000000982. The zero-order valence-electron chi connectivity index (χ0n) is 78.0. The first-order chi connectivity index (χ1) is 72.2. The number of hydrogen-bond donors (Lipinski definition) is 5. The van der Waals surface area contributed by atoms with E-state index in [0.29, 0.717) is 42.0 Å². The largest absolute Gasteiger partial charge is 0.569 e. The molecule has 0 aliphatic rings. The lowest BCUT2D eigenvalue weighted by Crippen LogP contribution is -1.99. The van der Waals surface area contributed by atoms with Gasteiger partial charge in [0.2, 0.25) is 0 Å². The number of rotatable bonds is 17. The first-order valence-electron chi connectivity index (χ1n) is 47.6. The van der Waals surface area contributed by atoms with E-state index in [4.69, 9.17) is 47.8 Å².